The topological polar surface area (TPSA) is 63.3 Å². The maximum atomic E-state index is 13.1. The first-order chi connectivity index (χ1) is 31.3. The Hall–Kier alpha value is -5.60. The zero-order valence-electron chi connectivity index (χ0n) is 41.2. The number of methoxy groups -OCH3 is 2. The number of nitriles is 1. The van der Waals surface area contributed by atoms with Gasteiger partial charge in [-0.1, -0.05) is 96.7 Å². The van der Waals surface area contributed by atoms with Crippen molar-refractivity contribution in [3.05, 3.63) is 163 Å². The molecule has 0 spiro atoms. The second-order valence-corrected chi connectivity index (χ2v) is 19.7. The van der Waals surface area contributed by atoms with Crippen molar-refractivity contribution < 1.29 is 13.9 Å². The van der Waals surface area contributed by atoms with Gasteiger partial charge in [-0.2, -0.15) is 5.26 Å². The number of aromatic nitrogens is 2. The third kappa shape index (κ3) is 13.7. The van der Waals surface area contributed by atoms with Crippen LogP contribution in [-0.2, 0) is 0 Å². The molecule has 0 atom stereocenters. The first-order valence-electron chi connectivity index (χ1n) is 22.4. The van der Waals surface area contributed by atoms with Crippen molar-refractivity contribution >= 4 is 67.5 Å². The molecule has 0 aliphatic carbocycles. The summed E-state index contributed by atoms with van der Waals surface area (Å²) < 4.78 is 28.1. The first-order valence-corrected chi connectivity index (χ1v) is 24.6. The number of pyridine rings is 1. The molecule has 3 aromatic heterocycles. The van der Waals surface area contributed by atoms with Crippen molar-refractivity contribution in [2.75, 3.05) is 14.2 Å². The highest BCUT2D eigenvalue weighted by molar-refractivity contribution is 7.71. The first kappa shape index (κ1) is 53.0. The Bertz CT molecular complexity index is 2840. The van der Waals surface area contributed by atoms with Crippen LogP contribution in [0.15, 0.2) is 109 Å². The lowest BCUT2D eigenvalue weighted by Gasteiger charge is -2.28. The van der Waals surface area contributed by atoms with Crippen molar-refractivity contribution in [1.29, 1.82) is 5.26 Å². The molecule has 0 fully saturated rings. The smallest absolute Gasteiger partial charge is 0.126 e. The number of fused-ring (bicyclic) bond motifs is 3. The van der Waals surface area contributed by atoms with Crippen molar-refractivity contribution in [3.63, 3.8) is 0 Å². The van der Waals surface area contributed by atoms with Gasteiger partial charge in [0.25, 0.3) is 0 Å². The lowest BCUT2D eigenvalue weighted by Crippen LogP contribution is -2.24. The van der Waals surface area contributed by atoms with E-state index in [0.717, 1.165) is 44.2 Å². The van der Waals surface area contributed by atoms with Gasteiger partial charge in [0.15, 0.2) is 0 Å². The van der Waals surface area contributed by atoms with E-state index in [1.54, 1.807) is 55.9 Å². The van der Waals surface area contributed by atoms with Gasteiger partial charge in [-0.25, -0.2) is 9.37 Å². The Morgan fingerprint density at radius 3 is 1.91 bits per heavy atom. The average Bonchev–Trinajstić information content (AvgIpc) is 3.99. The van der Waals surface area contributed by atoms with E-state index in [-0.39, 0.29) is 5.82 Å². The summed E-state index contributed by atoms with van der Waals surface area (Å²) in [4.78, 5) is 7.60. The number of benzene rings is 4. The van der Waals surface area contributed by atoms with Crippen LogP contribution in [0.2, 0.25) is 0 Å². The van der Waals surface area contributed by atoms with E-state index in [2.05, 4.69) is 163 Å². The molecule has 10 heteroatoms. The van der Waals surface area contributed by atoms with Gasteiger partial charge < -0.3 is 18.9 Å². The lowest BCUT2D eigenvalue weighted by molar-refractivity contribution is 0.407. The molecule has 0 unspecified atom stereocenters. The fourth-order valence-electron chi connectivity index (χ4n) is 7.39. The number of hydrogen-bond acceptors (Lipinski definition) is 8. The van der Waals surface area contributed by atoms with E-state index in [4.69, 9.17) is 27.0 Å². The van der Waals surface area contributed by atoms with Crippen molar-refractivity contribution in [1.82, 2.24) is 14.5 Å². The number of ether oxygens (including phenoxy) is 2. The van der Waals surface area contributed by atoms with Crippen molar-refractivity contribution in [2.45, 2.75) is 113 Å². The Kier molecular flexibility index (Phi) is 19.9. The van der Waals surface area contributed by atoms with Crippen molar-refractivity contribution in [3.8, 4) is 17.6 Å². The number of halogens is 1. The van der Waals surface area contributed by atoms with Gasteiger partial charge in [-0.05, 0) is 157 Å². The molecule has 1 aliphatic heterocycles. The van der Waals surface area contributed by atoms with Crippen LogP contribution in [0.1, 0.15) is 137 Å². The zero-order chi connectivity index (χ0) is 48.8. The van der Waals surface area contributed by atoms with Gasteiger partial charge in [0.05, 0.1) is 52.3 Å². The second kappa shape index (κ2) is 24.8. The highest BCUT2D eigenvalue weighted by Gasteiger charge is 2.19. The third-order valence-electron chi connectivity index (χ3n) is 11.1. The van der Waals surface area contributed by atoms with Crippen LogP contribution in [0.25, 0.3) is 32.6 Å². The van der Waals surface area contributed by atoms with Crippen LogP contribution in [0, 0.1) is 35.6 Å². The molecule has 66 heavy (non-hydrogen) atoms. The van der Waals surface area contributed by atoms with Gasteiger partial charge in [-0.3, -0.25) is 0 Å². The molecule has 8 rings (SSSR count). The molecular formula is C56H67FN4O2S3. The largest absolute Gasteiger partial charge is 0.496 e. The summed E-state index contributed by atoms with van der Waals surface area (Å²) in [7, 11) is 3.36. The standard InChI is InChI=1S/C14H16O.C11H15F.C11H13NO.C10H12N2S.C10H11NS2/c1-10(2)13-8-11-6-4-5-7-12(11)9-14(13)15-3;1-7(2)10-6-11(12)9(4)5-8(10)3;1-8(2)10-5-4-9(7-12)6-11(10)13-3;1-7(2)12-5-4-9-10(8(12)3)13-6-11-9;1-7(2)11-5-3-8-4-6-13-9(8)10(11)12/h4-10H,1-3H3;5-7H,1-4H3;4-6,8H,1-3H3;4-7H,3H2,1-2H3;3-7H,1-2H3. The number of aryl methyl sites for hydroxylation is 2. The van der Waals surface area contributed by atoms with Gasteiger partial charge in [0, 0.05) is 24.5 Å². The molecule has 0 saturated heterocycles. The molecular weight excluding hydrogens is 876 g/mol. The molecule has 0 N–H and O–H groups in total. The minimum Gasteiger partial charge on any atom is -0.496 e. The predicted molar refractivity (Wildman–Crippen MR) is 285 cm³/mol. The molecule has 4 heterocycles. The Morgan fingerprint density at radius 1 is 0.712 bits per heavy atom. The van der Waals surface area contributed by atoms with Crippen molar-refractivity contribution in [2.24, 2.45) is 0 Å². The van der Waals surface area contributed by atoms with E-state index in [9.17, 15) is 4.39 Å². The number of hydrogen-bond donors (Lipinski definition) is 0. The molecule has 0 amide bonds. The molecule has 0 bridgehead atoms. The maximum Gasteiger partial charge on any atom is 0.126 e. The molecule has 4 aromatic carbocycles. The number of nitrogens with zero attached hydrogens (tertiary/aromatic N) is 4. The maximum absolute atomic E-state index is 13.1. The minimum absolute atomic E-state index is 0.0932. The fraction of sp³-hybridized carbons (Fsp3) is 0.339. The van der Waals surface area contributed by atoms with E-state index in [1.807, 2.05) is 36.7 Å². The summed E-state index contributed by atoms with van der Waals surface area (Å²) in [6.45, 7) is 29.2. The third-order valence-corrected chi connectivity index (χ3v) is 13.5. The molecule has 0 radical (unpaired) electrons. The van der Waals surface area contributed by atoms with Gasteiger partial charge in [0.1, 0.15) is 22.0 Å². The normalized spacial score (nSPS) is 11.6. The van der Waals surface area contributed by atoms with E-state index >= 15 is 0 Å². The second-order valence-electron chi connectivity index (χ2n) is 17.6. The molecule has 0 saturated carbocycles. The van der Waals surface area contributed by atoms with Gasteiger partial charge in [0.2, 0.25) is 0 Å². The monoisotopic (exact) mass is 942 g/mol. The van der Waals surface area contributed by atoms with Crippen LogP contribution in [0.3, 0.4) is 0 Å². The predicted octanol–water partition coefficient (Wildman–Crippen LogP) is 17.0. The zero-order valence-corrected chi connectivity index (χ0v) is 43.6. The number of rotatable bonds is 7. The summed E-state index contributed by atoms with van der Waals surface area (Å²) in [5.74, 6) is 3.01. The molecule has 1 aliphatic rings. The van der Waals surface area contributed by atoms with Crippen LogP contribution in [0.4, 0.5) is 4.39 Å². The highest BCUT2D eigenvalue weighted by Crippen LogP contribution is 2.33. The molecule has 348 valence electrons. The van der Waals surface area contributed by atoms with Gasteiger partial charge in [-0.15, -0.1) is 22.7 Å². The summed E-state index contributed by atoms with van der Waals surface area (Å²) in [6.07, 6.45) is 6.16. The average molecular weight is 943 g/mol. The van der Waals surface area contributed by atoms with Crippen LogP contribution in [0.5, 0.6) is 11.5 Å². The van der Waals surface area contributed by atoms with Gasteiger partial charge >= 0.3 is 0 Å². The van der Waals surface area contributed by atoms with Crippen LogP contribution >= 0.6 is 34.9 Å². The van der Waals surface area contributed by atoms with E-state index in [0.29, 0.717) is 35.4 Å². The lowest BCUT2D eigenvalue weighted by atomic mass is 9.96. The summed E-state index contributed by atoms with van der Waals surface area (Å²) >= 11 is 8.77. The summed E-state index contributed by atoms with van der Waals surface area (Å²) in [6, 6.07) is 29.0. The van der Waals surface area contributed by atoms with E-state index < -0.39 is 0 Å². The molecule has 7 aromatic rings. The summed E-state index contributed by atoms with van der Waals surface area (Å²) in [5, 5.41) is 14.5. The number of thiophene rings is 1. The van der Waals surface area contributed by atoms with E-state index in [1.165, 1.54) is 36.9 Å². The van der Waals surface area contributed by atoms with Crippen LogP contribution in [-0.4, -0.2) is 34.7 Å². The Balaban J connectivity index is 0.000000181. The van der Waals surface area contributed by atoms with Crippen LogP contribution < -0.4 is 9.47 Å². The Labute approximate surface area is 406 Å². The minimum atomic E-state index is -0.0932. The summed E-state index contributed by atoms with van der Waals surface area (Å²) in [5.41, 5.74) is 10.1. The highest BCUT2D eigenvalue weighted by atomic mass is 32.1. The number of thiazole rings is 1. The molecule has 6 nitrogen and oxygen atoms in total. The fourth-order valence-corrected chi connectivity index (χ4v) is 9.51. The SMILES string of the molecule is C=C1c2scnc2C=CN1C(C)C.CC(C)n1ccc2ccsc2c1=S.COc1cc(C#N)ccc1C(C)C.COc1cc2ccccc2cc1C(C)C.Cc1cc(C)c(C(C)C)cc1F. The Morgan fingerprint density at radius 2 is 1.33 bits per heavy atom. The quantitative estimate of drug-likeness (QED) is 0.148.